The Balaban J connectivity index is 2.77. The van der Waals surface area contributed by atoms with Crippen molar-refractivity contribution in [2.45, 2.75) is 12.3 Å². The summed E-state index contributed by atoms with van der Waals surface area (Å²) >= 11 is 6.06. The van der Waals surface area contributed by atoms with Gasteiger partial charge in [-0.05, 0) is 12.1 Å². The Hall–Kier alpha value is -2.87. The lowest BCUT2D eigenvalue weighted by molar-refractivity contribution is -0.140. The zero-order valence-corrected chi connectivity index (χ0v) is 14.6. The number of hydrogen-bond acceptors (Lipinski definition) is 6. The predicted octanol–water partition coefficient (Wildman–Crippen LogP) is 2.35. The van der Waals surface area contributed by atoms with Crippen LogP contribution < -0.4 is 5.56 Å². The average Bonchev–Trinajstić information content (AvgIpc) is 2.60. The molecule has 2 N–H and O–H groups in total. The van der Waals surface area contributed by atoms with E-state index in [0.29, 0.717) is 0 Å². The Bertz CT molecular complexity index is 890. The molecule has 7 nitrogen and oxygen atoms in total. The van der Waals surface area contributed by atoms with Crippen molar-refractivity contribution in [3.05, 3.63) is 62.3 Å². The summed E-state index contributed by atoms with van der Waals surface area (Å²) in [6.07, 6.45) is 0.476. The third-order valence-electron chi connectivity index (χ3n) is 3.80. The maximum atomic E-state index is 14.4. The summed E-state index contributed by atoms with van der Waals surface area (Å²) in [5.74, 6) is -4.49. The van der Waals surface area contributed by atoms with E-state index < -0.39 is 47.0 Å². The van der Waals surface area contributed by atoms with E-state index in [0.717, 1.165) is 26.5 Å². The summed E-state index contributed by atoms with van der Waals surface area (Å²) in [7, 11) is 2.21. The fraction of sp³-hybridized carbons (Fsp3) is 0.235. The summed E-state index contributed by atoms with van der Waals surface area (Å²) in [5.41, 5.74) is -1.74. The number of rotatable bonds is 5. The van der Waals surface area contributed by atoms with Gasteiger partial charge in [0.25, 0.3) is 5.56 Å². The fourth-order valence-electron chi connectivity index (χ4n) is 2.57. The Morgan fingerprint density at radius 1 is 1.27 bits per heavy atom. The first-order valence-electron chi connectivity index (χ1n) is 7.35. The van der Waals surface area contributed by atoms with E-state index in [1.165, 1.54) is 12.1 Å². The van der Waals surface area contributed by atoms with E-state index in [1.807, 2.05) is 0 Å². The zero-order valence-electron chi connectivity index (χ0n) is 13.8. The van der Waals surface area contributed by atoms with Gasteiger partial charge in [-0.15, -0.1) is 0 Å². The standard InChI is InChI=1S/C17H15ClFNO6/c1-25-12(21)6-8(13-10(18)4-3-5-11(13)19)14-15(22)9(17(24)26-2)7-20-16(14)23/h3-5,7-8H,6H2,1-2H3,(H2,20,22,23). The van der Waals surface area contributed by atoms with Crippen LogP contribution in [-0.4, -0.2) is 36.2 Å². The van der Waals surface area contributed by atoms with Crippen LogP contribution in [0.1, 0.15) is 33.8 Å². The van der Waals surface area contributed by atoms with Crippen molar-refractivity contribution < 1.29 is 28.6 Å². The molecule has 26 heavy (non-hydrogen) atoms. The highest BCUT2D eigenvalue weighted by molar-refractivity contribution is 6.31. The smallest absolute Gasteiger partial charge is 0.343 e. The van der Waals surface area contributed by atoms with Crippen LogP contribution in [0.3, 0.4) is 0 Å². The second-order valence-electron chi connectivity index (χ2n) is 5.25. The first kappa shape index (κ1) is 19.5. The second-order valence-corrected chi connectivity index (χ2v) is 5.66. The molecule has 2 rings (SSSR count). The molecule has 0 radical (unpaired) electrons. The van der Waals surface area contributed by atoms with E-state index in [1.54, 1.807) is 0 Å². The van der Waals surface area contributed by atoms with Crippen LogP contribution in [0.4, 0.5) is 4.39 Å². The monoisotopic (exact) mass is 383 g/mol. The number of aromatic amines is 1. The second kappa shape index (κ2) is 8.01. The number of carbonyl (C=O) groups is 2. The van der Waals surface area contributed by atoms with Gasteiger partial charge >= 0.3 is 11.9 Å². The molecule has 1 unspecified atom stereocenters. The number of nitrogens with one attached hydrogen (secondary N) is 1. The number of carbonyl (C=O) groups excluding carboxylic acids is 2. The quantitative estimate of drug-likeness (QED) is 0.768. The number of pyridine rings is 1. The molecule has 0 bridgehead atoms. The average molecular weight is 384 g/mol. The number of benzene rings is 1. The highest BCUT2D eigenvalue weighted by Crippen LogP contribution is 2.38. The topological polar surface area (TPSA) is 106 Å². The summed E-state index contributed by atoms with van der Waals surface area (Å²) < 4.78 is 23.5. The molecule has 0 fully saturated rings. The van der Waals surface area contributed by atoms with E-state index in [9.17, 15) is 23.9 Å². The molecule has 9 heteroatoms. The number of ether oxygens (including phenoxy) is 2. The maximum absolute atomic E-state index is 14.4. The van der Waals surface area contributed by atoms with Gasteiger partial charge < -0.3 is 19.6 Å². The van der Waals surface area contributed by atoms with Crippen molar-refractivity contribution in [3.8, 4) is 5.75 Å². The third-order valence-corrected chi connectivity index (χ3v) is 4.13. The van der Waals surface area contributed by atoms with Crippen molar-refractivity contribution in [2.75, 3.05) is 14.2 Å². The summed E-state index contributed by atoms with van der Waals surface area (Å²) in [6.45, 7) is 0. The minimum atomic E-state index is -1.29. The molecule has 0 saturated carbocycles. The zero-order chi connectivity index (χ0) is 19.4. The highest BCUT2D eigenvalue weighted by Gasteiger charge is 2.31. The van der Waals surface area contributed by atoms with Gasteiger partial charge in [-0.25, -0.2) is 9.18 Å². The predicted molar refractivity (Wildman–Crippen MR) is 90.0 cm³/mol. The van der Waals surface area contributed by atoms with Gasteiger partial charge in [-0.3, -0.25) is 9.59 Å². The van der Waals surface area contributed by atoms with Crippen molar-refractivity contribution in [3.63, 3.8) is 0 Å². The first-order chi connectivity index (χ1) is 12.3. The number of hydrogen-bond donors (Lipinski definition) is 2. The van der Waals surface area contributed by atoms with Crippen LogP contribution >= 0.6 is 11.6 Å². The van der Waals surface area contributed by atoms with Crippen molar-refractivity contribution in [1.82, 2.24) is 4.98 Å². The summed E-state index contributed by atoms with van der Waals surface area (Å²) in [4.78, 5) is 38.2. The molecule has 1 aromatic heterocycles. The van der Waals surface area contributed by atoms with E-state index in [-0.39, 0.29) is 16.1 Å². The van der Waals surface area contributed by atoms with E-state index in [4.69, 9.17) is 11.6 Å². The number of aromatic nitrogens is 1. The van der Waals surface area contributed by atoms with Gasteiger partial charge in [0.1, 0.15) is 17.1 Å². The number of methoxy groups -OCH3 is 2. The van der Waals surface area contributed by atoms with Crippen molar-refractivity contribution in [2.24, 2.45) is 0 Å². The normalized spacial score (nSPS) is 11.7. The lowest BCUT2D eigenvalue weighted by Crippen LogP contribution is -2.23. The molecule has 2 aromatic rings. The number of aromatic hydroxyl groups is 1. The highest BCUT2D eigenvalue weighted by atomic mass is 35.5. The van der Waals surface area contributed by atoms with Gasteiger partial charge in [0, 0.05) is 22.7 Å². The van der Waals surface area contributed by atoms with Crippen molar-refractivity contribution in [1.29, 1.82) is 0 Å². The number of esters is 2. The Morgan fingerprint density at radius 2 is 1.96 bits per heavy atom. The van der Waals surface area contributed by atoms with Crippen LogP contribution in [0.25, 0.3) is 0 Å². The molecule has 0 aliphatic rings. The van der Waals surface area contributed by atoms with Crippen LogP contribution in [-0.2, 0) is 14.3 Å². The third kappa shape index (κ3) is 3.70. The first-order valence-corrected chi connectivity index (χ1v) is 7.73. The molecular formula is C17H15ClFNO6. The Kier molecular flexibility index (Phi) is 5.99. The molecule has 0 spiro atoms. The Labute approximate surface area is 152 Å². The fourth-order valence-corrected chi connectivity index (χ4v) is 2.86. The van der Waals surface area contributed by atoms with Gasteiger partial charge in [0.05, 0.1) is 26.2 Å². The molecule has 1 atom stereocenters. The number of H-pyrrole nitrogens is 1. The van der Waals surface area contributed by atoms with Crippen LogP contribution in [0, 0.1) is 5.82 Å². The SMILES string of the molecule is COC(=O)CC(c1c(F)cccc1Cl)c1c(O)c(C(=O)OC)c[nH]c1=O. The van der Waals surface area contributed by atoms with Crippen molar-refractivity contribution >= 4 is 23.5 Å². The van der Waals surface area contributed by atoms with Crippen LogP contribution in [0.5, 0.6) is 5.75 Å². The van der Waals surface area contributed by atoms with E-state index in [2.05, 4.69) is 14.5 Å². The largest absolute Gasteiger partial charge is 0.506 e. The van der Waals surface area contributed by atoms with Gasteiger partial charge in [-0.1, -0.05) is 17.7 Å². The maximum Gasteiger partial charge on any atom is 0.343 e. The lowest BCUT2D eigenvalue weighted by atomic mass is 9.87. The van der Waals surface area contributed by atoms with Gasteiger partial charge in [-0.2, -0.15) is 0 Å². The molecule has 0 aliphatic carbocycles. The summed E-state index contributed by atoms with van der Waals surface area (Å²) in [5, 5.41) is 10.4. The van der Waals surface area contributed by atoms with Gasteiger partial charge in [0.2, 0.25) is 0 Å². The molecule has 138 valence electrons. The molecule has 1 aromatic carbocycles. The summed E-state index contributed by atoms with van der Waals surface area (Å²) in [6, 6.07) is 3.83. The lowest BCUT2D eigenvalue weighted by Gasteiger charge is -2.20. The minimum Gasteiger partial charge on any atom is -0.506 e. The molecule has 1 heterocycles. The van der Waals surface area contributed by atoms with E-state index >= 15 is 0 Å². The minimum absolute atomic E-state index is 0.0545. The Morgan fingerprint density at radius 3 is 2.54 bits per heavy atom. The molecule has 0 aliphatic heterocycles. The van der Waals surface area contributed by atoms with Gasteiger partial charge in [0.15, 0.2) is 0 Å². The van der Waals surface area contributed by atoms with Crippen LogP contribution in [0.15, 0.2) is 29.2 Å². The van der Waals surface area contributed by atoms with Crippen LogP contribution in [0.2, 0.25) is 5.02 Å². The molecular weight excluding hydrogens is 369 g/mol. The molecule has 0 amide bonds. The molecule has 0 saturated heterocycles. The number of halogens is 2.